The first-order valence-electron chi connectivity index (χ1n) is 11.3. The third kappa shape index (κ3) is 12.3. The van der Waals surface area contributed by atoms with Crippen molar-refractivity contribution in [3.63, 3.8) is 0 Å². The monoisotopic (exact) mass is 471 g/mol. The van der Waals surface area contributed by atoms with E-state index >= 15 is 0 Å². The molecule has 7 heteroatoms. The first kappa shape index (κ1) is 29.0. The van der Waals surface area contributed by atoms with Crippen molar-refractivity contribution < 1.29 is 29.3 Å². The van der Waals surface area contributed by atoms with Gasteiger partial charge in [0.1, 0.15) is 0 Å². The number of aromatic nitrogens is 1. The van der Waals surface area contributed by atoms with E-state index in [4.69, 9.17) is 9.47 Å². The number of nitrogens with zero attached hydrogens (tertiary/aromatic N) is 1. The molecule has 1 aromatic rings. The summed E-state index contributed by atoms with van der Waals surface area (Å²) in [6, 6.07) is 1.24. The van der Waals surface area contributed by atoms with E-state index in [-0.39, 0.29) is 11.1 Å². The van der Waals surface area contributed by atoms with Gasteiger partial charge in [0.25, 0.3) is 0 Å². The lowest BCUT2D eigenvalue weighted by Crippen LogP contribution is -2.18. The number of rotatable bonds is 12. The molecule has 0 radical (unpaired) electrons. The molecule has 0 bridgehead atoms. The molecule has 7 nitrogen and oxygen atoms in total. The van der Waals surface area contributed by atoms with Crippen molar-refractivity contribution >= 4 is 11.9 Å². The van der Waals surface area contributed by atoms with Crippen LogP contribution in [0.15, 0.2) is 65.1 Å². The lowest BCUT2D eigenvalue weighted by Gasteiger charge is -2.11. The molecule has 0 amide bonds. The van der Waals surface area contributed by atoms with Crippen molar-refractivity contribution in [2.24, 2.45) is 0 Å². The van der Waals surface area contributed by atoms with Crippen molar-refractivity contribution in [1.29, 1.82) is 0 Å². The van der Waals surface area contributed by atoms with Crippen LogP contribution in [0.4, 0.5) is 0 Å². The second-order valence-corrected chi connectivity index (χ2v) is 8.72. The van der Waals surface area contributed by atoms with Gasteiger partial charge >= 0.3 is 11.9 Å². The zero-order valence-electron chi connectivity index (χ0n) is 21.0. The number of esters is 2. The first-order valence-corrected chi connectivity index (χ1v) is 11.3. The van der Waals surface area contributed by atoms with Gasteiger partial charge in [-0.25, -0.2) is 9.59 Å². The van der Waals surface area contributed by atoms with Crippen LogP contribution in [0.3, 0.4) is 0 Å². The molecular weight excluding hydrogens is 434 g/mol. The van der Waals surface area contributed by atoms with Gasteiger partial charge in [-0.3, -0.25) is 4.98 Å². The van der Waals surface area contributed by atoms with Gasteiger partial charge in [-0.05, 0) is 85.4 Å². The standard InChI is InChI=1S/C27H37NO6/c1-18(2)9-7-11-20(5)13-24(29)33-26(31)22-15-23(17-28-16-22)27(32)34-25(30)14-21(6)12-8-10-19(3)4/h9-10,13-17,24-25,29-30H,7-8,11-12H2,1-6H3/b20-13+,21-14+. The van der Waals surface area contributed by atoms with Crippen molar-refractivity contribution in [3.8, 4) is 0 Å². The number of allylic oxidation sites excluding steroid dienone is 6. The van der Waals surface area contributed by atoms with Gasteiger partial charge in [0.2, 0.25) is 12.6 Å². The van der Waals surface area contributed by atoms with Crippen LogP contribution in [0.5, 0.6) is 0 Å². The number of hydrogen-bond donors (Lipinski definition) is 2. The Morgan fingerprint density at radius 1 is 0.794 bits per heavy atom. The Morgan fingerprint density at radius 3 is 1.53 bits per heavy atom. The third-order valence-corrected chi connectivity index (χ3v) is 4.70. The summed E-state index contributed by atoms with van der Waals surface area (Å²) < 4.78 is 10.1. The summed E-state index contributed by atoms with van der Waals surface area (Å²) in [5.41, 5.74) is 4.14. The maximum absolute atomic E-state index is 12.4. The van der Waals surface area contributed by atoms with Crippen LogP contribution in [0.1, 0.15) is 87.9 Å². The number of ether oxygens (including phenoxy) is 2. The summed E-state index contributed by atoms with van der Waals surface area (Å²) in [6.07, 6.45) is 9.83. The van der Waals surface area contributed by atoms with Crippen LogP contribution in [-0.2, 0) is 9.47 Å². The van der Waals surface area contributed by atoms with Crippen LogP contribution in [0, 0.1) is 0 Å². The fraction of sp³-hybridized carbons (Fsp3) is 0.444. The Balaban J connectivity index is 2.70. The molecule has 1 heterocycles. The number of carbonyl (C=O) groups is 2. The fourth-order valence-corrected chi connectivity index (χ4v) is 2.92. The highest BCUT2D eigenvalue weighted by atomic mass is 16.6. The molecule has 0 aliphatic rings. The second-order valence-electron chi connectivity index (χ2n) is 8.72. The summed E-state index contributed by atoms with van der Waals surface area (Å²) in [4.78, 5) is 28.6. The molecule has 2 atom stereocenters. The molecular formula is C27H37NO6. The van der Waals surface area contributed by atoms with Crippen LogP contribution in [0.2, 0.25) is 0 Å². The van der Waals surface area contributed by atoms with Crippen molar-refractivity contribution in [3.05, 3.63) is 76.2 Å². The van der Waals surface area contributed by atoms with Crippen LogP contribution in [0.25, 0.3) is 0 Å². The molecule has 0 aliphatic carbocycles. The Labute approximate surface area is 202 Å². The average Bonchev–Trinajstić information content (AvgIpc) is 2.72. The van der Waals surface area contributed by atoms with E-state index in [0.29, 0.717) is 0 Å². The van der Waals surface area contributed by atoms with E-state index in [9.17, 15) is 19.8 Å². The highest BCUT2D eigenvalue weighted by Crippen LogP contribution is 2.13. The lowest BCUT2D eigenvalue weighted by atomic mass is 10.1. The first-order chi connectivity index (χ1) is 16.0. The predicted octanol–water partition coefficient (Wildman–Crippen LogP) is 5.42. The minimum Gasteiger partial charge on any atom is -0.428 e. The summed E-state index contributed by atoms with van der Waals surface area (Å²) in [6.45, 7) is 11.7. The van der Waals surface area contributed by atoms with E-state index in [1.807, 2.05) is 41.5 Å². The summed E-state index contributed by atoms with van der Waals surface area (Å²) in [7, 11) is 0. The average molecular weight is 472 g/mol. The summed E-state index contributed by atoms with van der Waals surface area (Å²) in [5.74, 6) is -1.67. The Bertz CT molecular complexity index is 876. The zero-order valence-corrected chi connectivity index (χ0v) is 21.0. The fourth-order valence-electron chi connectivity index (χ4n) is 2.92. The molecule has 0 aliphatic heterocycles. The number of hydrogen-bond acceptors (Lipinski definition) is 7. The van der Waals surface area contributed by atoms with Gasteiger partial charge in [-0.15, -0.1) is 0 Å². The van der Waals surface area contributed by atoms with Gasteiger partial charge in [-0.1, -0.05) is 34.4 Å². The van der Waals surface area contributed by atoms with Crippen molar-refractivity contribution in [2.45, 2.75) is 79.8 Å². The quantitative estimate of drug-likeness (QED) is 0.238. The van der Waals surface area contributed by atoms with Gasteiger partial charge in [0.15, 0.2) is 0 Å². The topological polar surface area (TPSA) is 106 Å². The Kier molecular flexibility index (Phi) is 12.8. The highest BCUT2D eigenvalue weighted by Gasteiger charge is 2.17. The molecule has 2 unspecified atom stereocenters. The van der Waals surface area contributed by atoms with Gasteiger partial charge in [0.05, 0.1) is 11.1 Å². The maximum atomic E-state index is 12.4. The smallest absolute Gasteiger partial charge is 0.342 e. The second kappa shape index (κ2) is 15.0. The number of pyridine rings is 1. The molecule has 1 aromatic heterocycles. The van der Waals surface area contributed by atoms with E-state index in [0.717, 1.165) is 36.8 Å². The van der Waals surface area contributed by atoms with E-state index in [1.54, 1.807) is 0 Å². The normalized spacial score (nSPS) is 13.5. The summed E-state index contributed by atoms with van der Waals surface area (Å²) in [5, 5.41) is 20.1. The summed E-state index contributed by atoms with van der Waals surface area (Å²) >= 11 is 0. The van der Waals surface area contributed by atoms with Crippen molar-refractivity contribution in [1.82, 2.24) is 4.98 Å². The number of aliphatic hydroxyl groups excluding tert-OH is 2. The molecule has 0 fully saturated rings. The molecule has 0 saturated carbocycles. The highest BCUT2D eigenvalue weighted by molar-refractivity contribution is 5.94. The lowest BCUT2D eigenvalue weighted by molar-refractivity contribution is -0.0360. The Morgan fingerprint density at radius 2 is 1.18 bits per heavy atom. The predicted molar refractivity (Wildman–Crippen MR) is 132 cm³/mol. The van der Waals surface area contributed by atoms with E-state index in [1.165, 1.54) is 41.8 Å². The van der Waals surface area contributed by atoms with Crippen molar-refractivity contribution in [2.75, 3.05) is 0 Å². The van der Waals surface area contributed by atoms with Crippen LogP contribution in [-0.4, -0.2) is 39.7 Å². The molecule has 0 saturated heterocycles. The van der Waals surface area contributed by atoms with E-state index in [2.05, 4.69) is 17.1 Å². The minimum absolute atomic E-state index is 0.0213. The molecule has 34 heavy (non-hydrogen) atoms. The maximum Gasteiger partial charge on any atom is 0.342 e. The molecule has 1 rings (SSSR count). The number of carbonyl (C=O) groups excluding carboxylic acids is 2. The molecule has 186 valence electrons. The minimum atomic E-state index is -1.42. The van der Waals surface area contributed by atoms with Crippen LogP contribution < -0.4 is 0 Å². The van der Waals surface area contributed by atoms with Gasteiger partial charge in [-0.2, -0.15) is 0 Å². The largest absolute Gasteiger partial charge is 0.428 e. The van der Waals surface area contributed by atoms with Gasteiger partial charge in [0, 0.05) is 12.4 Å². The molecule has 0 aromatic carbocycles. The SMILES string of the molecule is CC(C)=CCC/C(C)=C/C(O)OC(=O)c1cncc(C(=O)OC(O)/C=C(\C)CCC=C(C)C)c1. The number of aliphatic hydroxyl groups is 2. The van der Waals surface area contributed by atoms with Gasteiger partial charge < -0.3 is 19.7 Å². The van der Waals surface area contributed by atoms with E-state index < -0.39 is 24.5 Å². The molecule has 2 N–H and O–H groups in total. The third-order valence-electron chi connectivity index (χ3n) is 4.70. The Hall–Kier alpha value is -3.03. The molecule has 0 spiro atoms. The zero-order chi connectivity index (χ0) is 25.7. The van der Waals surface area contributed by atoms with Crippen LogP contribution >= 0.6 is 0 Å².